The molecule has 138 valence electrons. The molecule has 11 heteroatoms. The summed E-state index contributed by atoms with van der Waals surface area (Å²) >= 11 is 0. The van der Waals surface area contributed by atoms with Gasteiger partial charge in [0, 0.05) is 0 Å². The first-order valence-corrected chi connectivity index (χ1v) is 7.02. The summed E-state index contributed by atoms with van der Waals surface area (Å²) in [7, 11) is 1.08. The molecule has 0 bridgehead atoms. The van der Waals surface area contributed by atoms with E-state index in [0.29, 0.717) is 5.69 Å². The molecular formula is C15H13F3N4O4. The van der Waals surface area contributed by atoms with Gasteiger partial charge in [0.2, 0.25) is 0 Å². The Kier molecular flexibility index (Phi) is 5.60. The summed E-state index contributed by atoms with van der Waals surface area (Å²) in [5, 5.41) is 4.49. The lowest BCUT2D eigenvalue weighted by Gasteiger charge is -2.15. The maximum absolute atomic E-state index is 12.6. The van der Waals surface area contributed by atoms with Crippen molar-refractivity contribution in [2.24, 2.45) is 0 Å². The Balaban J connectivity index is 2.21. The number of nitrogens with one attached hydrogen (secondary N) is 2. The van der Waals surface area contributed by atoms with Crippen LogP contribution in [-0.4, -0.2) is 35.4 Å². The molecule has 0 saturated heterocycles. The zero-order chi connectivity index (χ0) is 19.3. The molecule has 8 nitrogen and oxygen atoms in total. The van der Waals surface area contributed by atoms with E-state index in [0.717, 1.165) is 19.2 Å². The number of hydrogen-bond donors (Lipinski definition) is 2. The molecule has 26 heavy (non-hydrogen) atoms. The van der Waals surface area contributed by atoms with E-state index in [-0.39, 0.29) is 17.1 Å². The molecule has 0 unspecified atom stereocenters. The van der Waals surface area contributed by atoms with E-state index in [1.165, 1.54) is 18.5 Å². The van der Waals surface area contributed by atoms with E-state index in [1.54, 1.807) is 6.92 Å². The lowest BCUT2D eigenvalue weighted by atomic mass is 10.2. The highest BCUT2D eigenvalue weighted by molar-refractivity contribution is 6.00. The monoisotopic (exact) mass is 370 g/mol. The van der Waals surface area contributed by atoms with Crippen molar-refractivity contribution >= 4 is 23.5 Å². The number of methoxy groups -OCH3 is 1. The predicted molar refractivity (Wildman–Crippen MR) is 83.9 cm³/mol. The van der Waals surface area contributed by atoms with Crippen molar-refractivity contribution < 1.29 is 32.2 Å². The maximum atomic E-state index is 12.6. The molecule has 2 N–H and O–H groups in total. The second kappa shape index (κ2) is 7.68. The first kappa shape index (κ1) is 19.0. The van der Waals surface area contributed by atoms with Crippen LogP contribution in [0, 0.1) is 6.92 Å². The van der Waals surface area contributed by atoms with Crippen LogP contribution in [0.25, 0.3) is 0 Å². The van der Waals surface area contributed by atoms with Crippen LogP contribution in [0.1, 0.15) is 16.1 Å². The SMILES string of the molecule is COC(=O)c1ccc(NC(=O)Nc2cnc(C)cn2)c(OC(F)(F)F)c1. The maximum Gasteiger partial charge on any atom is 0.573 e. The lowest BCUT2D eigenvalue weighted by Crippen LogP contribution is -2.23. The Bertz CT molecular complexity index is 810. The zero-order valence-corrected chi connectivity index (χ0v) is 13.5. The average Bonchev–Trinajstić information content (AvgIpc) is 2.56. The van der Waals surface area contributed by atoms with Gasteiger partial charge >= 0.3 is 18.4 Å². The predicted octanol–water partition coefficient (Wildman–Crippen LogP) is 3.11. The molecule has 0 aliphatic rings. The van der Waals surface area contributed by atoms with Crippen LogP contribution < -0.4 is 15.4 Å². The normalized spacial score (nSPS) is 10.8. The van der Waals surface area contributed by atoms with Crippen molar-refractivity contribution in [2.45, 2.75) is 13.3 Å². The van der Waals surface area contributed by atoms with Crippen LogP contribution in [0.5, 0.6) is 5.75 Å². The standard InChI is InChI=1S/C15H13F3N4O4/c1-8-6-20-12(7-19-8)22-14(24)21-10-4-3-9(13(23)25-2)5-11(10)26-15(16,17)18/h3-7H,1-2H3,(H2,20,21,22,24). The number of ether oxygens (including phenoxy) is 2. The number of rotatable bonds is 4. The van der Waals surface area contributed by atoms with E-state index in [9.17, 15) is 22.8 Å². The third-order valence-electron chi connectivity index (χ3n) is 2.90. The average molecular weight is 370 g/mol. The highest BCUT2D eigenvalue weighted by atomic mass is 19.4. The molecule has 0 radical (unpaired) electrons. The molecule has 2 rings (SSSR count). The van der Waals surface area contributed by atoms with Crippen LogP contribution in [0.3, 0.4) is 0 Å². The van der Waals surface area contributed by atoms with Crippen LogP contribution in [0.15, 0.2) is 30.6 Å². The number of benzene rings is 1. The van der Waals surface area contributed by atoms with Crippen LogP contribution in [0.2, 0.25) is 0 Å². The number of anilines is 2. The number of amides is 2. The summed E-state index contributed by atoms with van der Waals surface area (Å²) in [4.78, 5) is 31.2. The Hall–Kier alpha value is -3.37. The van der Waals surface area contributed by atoms with E-state index in [2.05, 4.69) is 30.1 Å². The third-order valence-corrected chi connectivity index (χ3v) is 2.90. The topological polar surface area (TPSA) is 102 Å². The number of alkyl halides is 3. The Labute approximate surface area is 145 Å². The van der Waals surface area contributed by atoms with Crippen molar-refractivity contribution in [1.82, 2.24) is 9.97 Å². The van der Waals surface area contributed by atoms with Crippen molar-refractivity contribution in [1.29, 1.82) is 0 Å². The summed E-state index contributed by atoms with van der Waals surface area (Å²) in [5.41, 5.74) is 0.130. The first-order valence-electron chi connectivity index (χ1n) is 7.02. The van der Waals surface area contributed by atoms with Crippen LogP contribution in [0.4, 0.5) is 29.5 Å². The number of carbonyl (C=O) groups excluding carboxylic acids is 2. The van der Waals surface area contributed by atoms with Gasteiger partial charge in [0.1, 0.15) is 0 Å². The van der Waals surface area contributed by atoms with Gasteiger partial charge in [0.05, 0.1) is 36.4 Å². The molecule has 2 amide bonds. The van der Waals surface area contributed by atoms with Gasteiger partial charge < -0.3 is 14.8 Å². The number of carbonyl (C=O) groups is 2. The molecule has 0 aliphatic carbocycles. The molecule has 1 heterocycles. The minimum atomic E-state index is -5.02. The molecule has 0 saturated carbocycles. The Morgan fingerprint density at radius 1 is 1.12 bits per heavy atom. The molecule has 0 fully saturated rings. The fourth-order valence-electron chi connectivity index (χ4n) is 1.81. The minimum Gasteiger partial charge on any atom is -0.465 e. The van der Waals surface area contributed by atoms with E-state index >= 15 is 0 Å². The van der Waals surface area contributed by atoms with E-state index in [4.69, 9.17) is 0 Å². The smallest absolute Gasteiger partial charge is 0.465 e. The highest BCUT2D eigenvalue weighted by Gasteiger charge is 2.33. The number of urea groups is 1. The Morgan fingerprint density at radius 3 is 2.42 bits per heavy atom. The van der Waals surface area contributed by atoms with Crippen LogP contribution in [-0.2, 0) is 4.74 Å². The van der Waals surface area contributed by atoms with E-state index < -0.39 is 24.1 Å². The van der Waals surface area contributed by atoms with Gasteiger partial charge in [-0.15, -0.1) is 13.2 Å². The van der Waals surface area contributed by atoms with Gasteiger partial charge in [-0.25, -0.2) is 14.6 Å². The largest absolute Gasteiger partial charge is 0.573 e. The number of esters is 1. The van der Waals surface area contributed by atoms with Crippen molar-refractivity contribution in [3.63, 3.8) is 0 Å². The van der Waals surface area contributed by atoms with Crippen molar-refractivity contribution in [3.8, 4) is 5.75 Å². The summed E-state index contributed by atoms with van der Waals surface area (Å²) in [6.07, 6.45) is -2.34. The minimum absolute atomic E-state index is 0.0950. The molecule has 2 aromatic rings. The van der Waals surface area contributed by atoms with Gasteiger partial charge in [-0.2, -0.15) is 0 Å². The number of nitrogens with zero attached hydrogens (tertiary/aromatic N) is 2. The van der Waals surface area contributed by atoms with E-state index in [1.807, 2.05) is 0 Å². The second-order valence-electron chi connectivity index (χ2n) is 4.87. The number of aromatic nitrogens is 2. The number of aryl methyl sites for hydroxylation is 1. The third kappa shape index (κ3) is 5.33. The molecule has 1 aromatic carbocycles. The lowest BCUT2D eigenvalue weighted by molar-refractivity contribution is -0.274. The summed E-state index contributed by atoms with van der Waals surface area (Å²) in [5.74, 6) is -1.54. The van der Waals surface area contributed by atoms with Crippen molar-refractivity contribution in [3.05, 3.63) is 41.9 Å². The zero-order valence-electron chi connectivity index (χ0n) is 13.5. The first-order chi connectivity index (χ1) is 12.2. The second-order valence-corrected chi connectivity index (χ2v) is 4.87. The van der Waals surface area contributed by atoms with Crippen LogP contribution >= 0.6 is 0 Å². The molecule has 0 atom stereocenters. The summed E-state index contributed by atoms with van der Waals surface area (Å²) in [6.45, 7) is 1.69. The summed E-state index contributed by atoms with van der Waals surface area (Å²) in [6, 6.07) is 2.19. The van der Waals surface area contributed by atoms with Gasteiger partial charge in [-0.05, 0) is 25.1 Å². The summed E-state index contributed by atoms with van der Waals surface area (Å²) < 4.78 is 46.0. The molecule has 1 aromatic heterocycles. The number of hydrogen-bond acceptors (Lipinski definition) is 6. The fraction of sp³-hybridized carbons (Fsp3) is 0.200. The molecular weight excluding hydrogens is 357 g/mol. The fourth-order valence-corrected chi connectivity index (χ4v) is 1.81. The molecule has 0 spiro atoms. The molecule has 0 aliphatic heterocycles. The Morgan fingerprint density at radius 2 is 1.85 bits per heavy atom. The van der Waals surface area contributed by atoms with Gasteiger partial charge in [0.25, 0.3) is 0 Å². The van der Waals surface area contributed by atoms with Crippen molar-refractivity contribution in [2.75, 3.05) is 17.7 Å². The van der Waals surface area contributed by atoms with Gasteiger partial charge in [-0.3, -0.25) is 10.3 Å². The van der Waals surface area contributed by atoms with Gasteiger partial charge in [-0.1, -0.05) is 0 Å². The van der Waals surface area contributed by atoms with Gasteiger partial charge in [0.15, 0.2) is 11.6 Å². The number of halogens is 3. The highest BCUT2D eigenvalue weighted by Crippen LogP contribution is 2.31. The quantitative estimate of drug-likeness (QED) is 0.802.